The highest BCUT2D eigenvalue weighted by Gasteiger charge is 2.35. The summed E-state index contributed by atoms with van der Waals surface area (Å²) in [5.74, 6) is 0.128. The molecule has 0 rings (SSSR count). The van der Waals surface area contributed by atoms with E-state index in [1.807, 2.05) is 13.8 Å². The van der Waals surface area contributed by atoms with Gasteiger partial charge < -0.3 is 11.1 Å². The molecule has 0 aliphatic heterocycles. The summed E-state index contributed by atoms with van der Waals surface area (Å²) < 4.78 is 0. The zero-order valence-corrected chi connectivity index (χ0v) is 10.6. The summed E-state index contributed by atoms with van der Waals surface area (Å²) in [6.45, 7) is 8.62. The largest absolute Gasteiger partial charge is 0.353 e. The zero-order chi connectivity index (χ0) is 11.9. The molecule has 3 heteroatoms. The van der Waals surface area contributed by atoms with E-state index < -0.39 is 0 Å². The maximum absolute atomic E-state index is 12.1. The molecular weight excluding hydrogens is 188 g/mol. The molecule has 3 nitrogen and oxygen atoms in total. The lowest BCUT2D eigenvalue weighted by Crippen LogP contribution is -2.48. The van der Waals surface area contributed by atoms with Crippen molar-refractivity contribution in [3.05, 3.63) is 0 Å². The van der Waals surface area contributed by atoms with Crippen LogP contribution in [-0.2, 0) is 4.79 Å². The summed E-state index contributed by atoms with van der Waals surface area (Å²) in [4.78, 5) is 12.1. The second kappa shape index (κ2) is 6.83. The van der Waals surface area contributed by atoms with E-state index in [0.717, 1.165) is 25.7 Å². The minimum absolute atomic E-state index is 0.128. The second-order valence-corrected chi connectivity index (χ2v) is 4.61. The molecule has 0 saturated heterocycles. The van der Waals surface area contributed by atoms with Gasteiger partial charge in [0.1, 0.15) is 0 Å². The number of carbonyl (C=O) groups excluding carboxylic acids is 1. The van der Waals surface area contributed by atoms with Gasteiger partial charge in [-0.2, -0.15) is 0 Å². The monoisotopic (exact) mass is 214 g/mol. The molecule has 0 fully saturated rings. The zero-order valence-electron chi connectivity index (χ0n) is 10.6. The lowest BCUT2D eigenvalue weighted by molar-refractivity contribution is -0.132. The van der Waals surface area contributed by atoms with Gasteiger partial charge in [0, 0.05) is 12.6 Å². The number of carbonyl (C=O) groups is 1. The van der Waals surface area contributed by atoms with Crippen LogP contribution in [0.25, 0.3) is 0 Å². The number of hydrogen-bond donors (Lipinski definition) is 2. The average Bonchev–Trinajstić information content (AvgIpc) is 2.16. The number of amides is 1. The van der Waals surface area contributed by atoms with Crippen LogP contribution in [0.4, 0.5) is 0 Å². The standard InChI is InChI=1S/C12H26N2O/c1-5-7-12(9-13,8-6-2)11(15)14-10(3)4/h10H,5-9,13H2,1-4H3,(H,14,15). The van der Waals surface area contributed by atoms with Crippen LogP contribution in [0.5, 0.6) is 0 Å². The van der Waals surface area contributed by atoms with E-state index in [9.17, 15) is 4.79 Å². The molecule has 0 spiro atoms. The number of nitrogens with one attached hydrogen (secondary N) is 1. The Bertz CT molecular complexity index is 184. The molecule has 0 radical (unpaired) electrons. The van der Waals surface area contributed by atoms with Crippen molar-refractivity contribution in [2.24, 2.45) is 11.1 Å². The van der Waals surface area contributed by atoms with Gasteiger partial charge in [0.05, 0.1) is 5.41 Å². The Balaban J connectivity index is 4.63. The molecule has 1 amide bonds. The van der Waals surface area contributed by atoms with Gasteiger partial charge in [-0.05, 0) is 26.7 Å². The molecule has 0 aromatic carbocycles. The molecule has 0 saturated carbocycles. The van der Waals surface area contributed by atoms with Crippen molar-refractivity contribution in [2.75, 3.05) is 6.54 Å². The highest BCUT2D eigenvalue weighted by atomic mass is 16.2. The Morgan fingerprint density at radius 1 is 1.27 bits per heavy atom. The molecule has 0 heterocycles. The first kappa shape index (κ1) is 14.4. The van der Waals surface area contributed by atoms with Crippen molar-refractivity contribution in [3.8, 4) is 0 Å². The highest BCUT2D eigenvalue weighted by molar-refractivity contribution is 5.83. The van der Waals surface area contributed by atoms with Crippen LogP contribution in [0, 0.1) is 5.41 Å². The van der Waals surface area contributed by atoms with Crippen LogP contribution in [-0.4, -0.2) is 18.5 Å². The Morgan fingerprint density at radius 3 is 2.00 bits per heavy atom. The minimum atomic E-state index is -0.340. The molecule has 0 aromatic heterocycles. The maximum Gasteiger partial charge on any atom is 0.227 e. The fourth-order valence-electron chi connectivity index (χ4n) is 2.02. The molecule has 0 bridgehead atoms. The van der Waals surface area contributed by atoms with Crippen molar-refractivity contribution >= 4 is 5.91 Å². The third-order valence-corrected chi connectivity index (χ3v) is 2.75. The minimum Gasteiger partial charge on any atom is -0.353 e. The lowest BCUT2D eigenvalue weighted by atomic mass is 9.78. The SMILES string of the molecule is CCCC(CN)(CCC)C(=O)NC(C)C. The molecule has 90 valence electrons. The summed E-state index contributed by atoms with van der Waals surface area (Å²) in [5.41, 5.74) is 5.46. The molecule has 0 atom stereocenters. The molecule has 0 aromatic rings. The summed E-state index contributed by atoms with van der Waals surface area (Å²) in [6.07, 6.45) is 3.78. The smallest absolute Gasteiger partial charge is 0.227 e. The summed E-state index contributed by atoms with van der Waals surface area (Å²) in [6, 6.07) is 0.192. The van der Waals surface area contributed by atoms with Gasteiger partial charge in [-0.3, -0.25) is 4.79 Å². The van der Waals surface area contributed by atoms with Crippen molar-refractivity contribution in [2.45, 2.75) is 59.4 Å². The van der Waals surface area contributed by atoms with Gasteiger partial charge in [-0.1, -0.05) is 26.7 Å². The number of rotatable bonds is 7. The third kappa shape index (κ3) is 4.20. The van der Waals surface area contributed by atoms with Crippen molar-refractivity contribution in [3.63, 3.8) is 0 Å². The van der Waals surface area contributed by atoms with Gasteiger partial charge in [-0.25, -0.2) is 0 Å². The molecule has 15 heavy (non-hydrogen) atoms. The quantitative estimate of drug-likeness (QED) is 0.681. The van der Waals surface area contributed by atoms with Gasteiger partial charge in [-0.15, -0.1) is 0 Å². The molecule has 0 aliphatic rings. The predicted molar refractivity (Wildman–Crippen MR) is 64.6 cm³/mol. The van der Waals surface area contributed by atoms with E-state index in [4.69, 9.17) is 5.73 Å². The Kier molecular flexibility index (Phi) is 6.57. The van der Waals surface area contributed by atoms with E-state index in [0.29, 0.717) is 6.54 Å². The summed E-state index contributed by atoms with van der Waals surface area (Å²) in [5, 5.41) is 2.99. The Hall–Kier alpha value is -0.570. The van der Waals surface area contributed by atoms with Gasteiger partial charge in [0.15, 0.2) is 0 Å². The third-order valence-electron chi connectivity index (χ3n) is 2.75. The van der Waals surface area contributed by atoms with Crippen LogP contribution >= 0.6 is 0 Å². The molecule has 0 unspecified atom stereocenters. The molecule has 3 N–H and O–H groups in total. The van der Waals surface area contributed by atoms with Crippen molar-refractivity contribution in [1.29, 1.82) is 0 Å². The van der Waals surface area contributed by atoms with E-state index >= 15 is 0 Å². The van der Waals surface area contributed by atoms with E-state index in [2.05, 4.69) is 19.2 Å². The van der Waals surface area contributed by atoms with Crippen molar-refractivity contribution in [1.82, 2.24) is 5.32 Å². The Labute approximate surface area is 93.8 Å². The first-order valence-corrected chi connectivity index (χ1v) is 6.03. The highest BCUT2D eigenvalue weighted by Crippen LogP contribution is 2.29. The van der Waals surface area contributed by atoms with Gasteiger partial charge >= 0.3 is 0 Å². The first-order valence-electron chi connectivity index (χ1n) is 6.03. The fourth-order valence-corrected chi connectivity index (χ4v) is 2.02. The first-order chi connectivity index (χ1) is 7.02. The van der Waals surface area contributed by atoms with Crippen LogP contribution in [0.1, 0.15) is 53.4 Å². The van der Waals surface area contributed by atoms with Gasteiger partial charge in [0.2, 0.25) is 5.91 Å². The second-order valence-electron chi connectivity index (χ2n) is 4.61. The summed E-state index contributed by atoms with van der Waals surface area (Å²) in [7, 11) is 0. The lowest BCUT2D eigenvalue weighted by Gasteiger charge is -2.31. The molecular formula is C12H26N2O. The van der Waals surface area contributed by atoms with Crippen molar-refractivity contribution < 1.29 is 4.79 Å². The summed E-state index contributed by atoms with van der Waals surface area (Å²) >= 11 is 0. The topological polar surface area (TPSA) is 55.1 Å². The fraction of sp³-hybridized carbons (Fsp3) is 0.917. The van der Waals surface area contributed by atoms with Crippen LogP contribution in [0.2, 0.25) is 0 Å². The maximum atomic E-state index is 12.1. The normalized spacial score (nSPS) is 11.9. The van der Waals surface area contributed by atoms with E-state index in [1.165, 1.54) is 0 Å². The van der Waals surface area contributed by atoms with E-state index in [1.54, 1.807) is 0 Å². The number of nitrogens with two attached hydrogens (primary N) is 1. The van der Waals surface area contributed by atoms with Crippen LogP contribution in [0.15, 0.2) is 0 Å². The predicted octanol–water partition coefficient (Wildman–Crippen LogP) is 2.06. The van der Waals surface area contributed by atoms with E-state index in [-0.39, 0.29) is 17.4 Å². The van der Waals surface area contributed by atoms with Gasteiger partial charge in [0.25, 0.3) is 0 Å². The average molecular weight is 214 g/mol. The van der Waals surface area contributed by atoms with Crippen LogP contribution in [0.3, 0.4) is 0 Å². The number of hydrogen-bond acceptors (Lipinski definition) is 2. The molecule has 0 aliphatic carbocycles. The van der Waals surface area contributed by atoms with Crippen LogP contribution < -0.4 is 11.1 Å². The Morgan fingerprint density at radius 2 is 1.73 bits per heavy atom.